The molecule has 1 aromatic carbocycles. The van der Waals surface area contributed by atoms with Crippen molar-refractivity contribution in [3.8, 4) is 0 Å². The summed E-state index contributed by atoms with van der Waals surface area (Å²) in [5, 5.41) is 9.90. The van der Waals surface area contributed by atoms with Gasteiger partial charge >= 0.3 is 0 Å². The molecule has 76 valence electrons. The second-order valence-corrected chi connectivity index (χ2v) is 3.73. The normalized spacial score (nSPS) is 12.4. The molecule has 0 saturated heterocycles. The van der Waals surface area contributed by atoms with Crippen LogP contribution in [-0.4, -0.2) is 5.11 Å². The van der Waals surface area contributed by atoms with Gasteiger partial charge in [-0.25, -0.2) is 4.39 Å². The Bertz CT molecular complexity index is 336. The molecule has 1 nitrogen and oxygen atoms in total. The summed E-state index contributed by atoms with van der Waals surface area (Å²) < 4.78 is 13.3. The van der Waals surface area contributed by atoms with E-state index in [2.05, 4.69) is 0 Å². The van der Waals surface area contributed by atoms with Crippen LogP contribution < -0.4 is 0 Å². The predicted molar refractivity (Wildman–Crippen MR) is 55.8 cm³/mol. The molecule has 0 aliphatic rings. The maximum atomic E-state index is 13.3. The molecular formula is C11H12ClFO. The molecule has 1 atom stereocenters. The summed E-state index contributed by atoms with van der Waals surface area (Å²) in [5.74, 6) is -0.484. The van der Waals surface area contributed by atoms with Gasteiger partial charge in [0.1, 0.15) is 11.9 Å². The van der Waals surface area contributed by atoms with Gasteiger partial charge < -0.3 is 5.11 Å². The van der Waals surface area contributed by atoms with Gasteiger partial charge in [-0.15, -0.1) is 0 Å². The van der Waals surface area contributed by atoms with Crippen molar-refractivity contribution in [2.45, 2.75) is 20.0 Å². The van der Waals surface area contributed by atoms with Gasteiger partial charge in [0.2, 0.25) is 0 Å². The molecule has 1 unspecified atom stereocenters. The Morgan fingerprint density at radius 2 is 2.14 bits per heavy atom. The van der Waals surface area contributed by atoms with Crippen LogP contribution in [0.5, 0.6) is 0 Å². The van der Waals surface area contributed by atoms with E-state index in [9.17, 15) is 9.50 Å². The molecule has 14 heavy (non-hydrogen) atoms. The van der Waals surface area contributed by atoms with Gasteiger partial charge in [-0.2, -0.15) is 0 Å². The molecule has 0 radical (unpaired) electrons. The maximum absolute atomic E-state index is 13.3. The number of hydrogen-bond donors (Lipinski definition) is 1. The Hall–Kier alpha value is -0.860. The van der Waals surface area contributed by atoms with E-state index < -0.39 is 11.9 Å². The van der Waals surface area contributed by atoms with Crippen LogP contribution in [0.1, 0.15) is 25.5 Å². The summed E-state index contributed by atoms with van der Waals surface area (Å²) >= 11 is 5.78. The van der Waals surface area contributed by atoms with Crippen LogP contribution >= 0.6 is 11.6 Å². The van der Waals surface area contributed by atoms with E-state index in [0.29, 0.717) is 0 Å². The quantitative estimate of drug-likeness (QED) is 0.748. The molecule has 0 aromatic heterocycles. The average Bonchev–Trinajstić information content (AvgIpc) is 2.01. The topological polar surface area (TPSA) is 20.2 Å². The highest BCUT2D eigenvalue weighted by Gasteiger charge is 2.13. The van der Waals surface area contributed by atoms with Crippen molar-refractivity contribution in [3.63, 3.8) is 0 Å². The molecular weight excluding hydrogens is 203 g/mol. The van der Waals surface area contributed by atoms with Crippen molar-refractivity contribution >= 4 is 11.6 Å². The van der Waals surface area contributed by atoms with Crippen LogP contribution in [0.25, 0.3) is 0 Å². The third kappa shape index (κ3) is 2.56. The highest BCUT2D eigenvalue weighted by atomic mass is 35.5. The maximum Gasteiger partial charge on any atom is 0.130 e. The summed E-state index contributed by atoms with van der Waals surface area (Å²) in [7, 11) is 0. The first kappa shape index (κ1) is 11.2. The fourth-order valence-electron chi connectivity index (χ4n) is 1.19. The number of halogens is 2. The minimum Gasteiger partial charge on any atom is -0.384 e. The molecule has 0 amide bonds. The number of allylic oxidation sites excluding steroid dienone is 1. The molecule has 1 aromatic rings. The minimum absolute atomic E-state index is 0.135. The Morgan fingerprint density at radius 1 is 1.50 bits per heavy atom. The van der Waals surface area contributed by atoms with Crippen molar-refractivity contribution in [1.82, 2.24) is 0 Å². The standard InChI is InChI=1S/C11H12ClFO/c1-7(2)6-10(14)11-8(12)4-3-5-9(11)13/h3-6,10,14H,1-2H3. The number of hydrogen-bond acceptors (Lipinski definition) is 1. The van der Waals surface area contributed by atoms with E-state index >= 15 is 0 Å². The van der Waals surface area contributed by atoms with Gasteiger partial charge in [0, 0.05) is 10.6 Å². The smallest absolute Gasteiger partial charge is 0.130 e. The fraction of sp³-hybridized carbons (Fsp3) is 0.273. The lowest BCUT2D eigenvalue weighted by Gasteiger charge is -2.10. The number of aliphatic hydroxyl groups is 1. The monoisotopic (exact) mass is 214 g/mol. The molecule has 0 aliphatic heterocycles. The van der Waals surface area contributed by atoms with Crippen molar-refractivity contribution < 1.29 is 9.50 Å². The van der Waals surface area contributed by atoms with Gasteiger partial charge in [0.05, 0.1) is 0 Å². The third-order valence-corrected chi connectivity index (χ3v) is 2.12. The summed E-state index contributed by atoms with van der Waals surface area (Å²) in [6.07, 6.45) is 0.582. The van der Waals surface area contributed by atoms with E-state index in [1.54, 1.807) is 12.1 Å². The zero-order valence-corrected chi connectivity index (χ0v) is 8.85. The molecule has 0 saturated carbocycles. The van der Waals surface area contributed by atoms with Crippen LogP contribution in [0.15, 0.2) is 29.8 Å². The summed E-state index contributed by atoms with van der Waals surface area (Å²) in [4.78, 5) is 0. The van der Waals surface area contributed by atoms with E-state index in [0.717, 1.165) is 5.57 Å². The zero-order valence-electron chi connectivity index (χ0n) is 8.09. The lowest BCUT2D eigenvalue weighted by Crippen LogP contribution is -1.99. The minimum atomic E-state index is -0.978. The van der Waals surface area contributed by atoms with Gasteiger partial charge in [-0.3, -0.25) is 0 Å². The van der Waals surface area contributed by atoms with Crippen molar-refractivity contribution in [3.05, 3.63) is 46.3 Å². The Balaban J connectivity index is 3.12. The van der Waals surface area contributed by atoms with Crippen molar-refractivity contribution in [2.24, 2.45) is 0 Å². The van der Waals surface area contributed by atoms with Crippen LogP contribution in [-0.2, 0) is 0 Å². The van der Waals surface area contributed by atoms with Crippen LogP contribution in [0.4, 0.5) is 4.39 Å². The molecule has 0 fully saturated rings. The fourth-order valence-corrected chi connectivity index (χ4v) is 1.47. The number of aliphatic hydroxyl groups excluding tert-OH is 1. The lowest BCUT2D eigenvalue weighted by molar-refractivity contribution is 0.222. The van der Waals surface area contributed by atoms with Crippen LogP contribution in [0.3, 0.4) is 0 Å². The SMILES string of the molecule is CC(C)=CC(O)c1c(F)cccc1Cl. The predicted octanol–water partition coefficient (Wildman–Crippen LogP) is 3.48. The molecule has 1 rings (SSSR count). The Morgan fingerprint density at radius 3 is 2.64 bits per heavy atom. The average molecular weight is 215 g/mol. The Labute approximate surface area is 87.8 Å². The molecule has 3 heteroatoms. The molecule has 1 N–H and O–H groups in total. The van der Waals surface area contributed by atoms with E-state index in [1.165, 1.54) is 12.1 Å². The highest BCUT2D eigenvalue weighted by Crippen LogP contribution is 2.27. The molecule has 0 spiro atoms. The van der Waals surface area contributed by atoms with Crippen molar-refractivity contribution in [1.29, 1.82) is 0 Å². The van der Waals surface area contributed by atoms with Gasteiger partial charge in [-0.1, -0.05) is 29.3 Å². The van der Waals surface area contributed by atoms with Crippen LogP contribution in [0.2, 0.25) is 5.02 Å². The zero-order chi connectivity index (χ0) is 10.7. The number of benzene rings is 1. The molecule has 0 bridgehead atoms. The summed E-state index contributed by atoms with van der Waals surface area (Å²) in [5.41, 5.74) is 1.05. The second kappa shape index (κ2) is 4.58. The largest absolute Gasteiger partial charge is 0.384 e. The molecule has 0 heterocycles. The first-order valence-corrected chi connectivity index (χ1v) is 4.67. The first-order chi connectivity index (χ1) is 6.52. The van der Waals surface area contributed by atoms with Gasteiger partial charge in [0.15, 0.2) is 0 Å². The Kier molecular flexibility index (Phi) is 3.67. The number of rotatable bonds is 2. The van der Waals surface area contributed by atoms with Gasteiger partial charge in [0.25, 0.3) is 0 Å². The lowest BCUT2D eigenvalue weighted by atomic mass is 10.1. The summed E-state index contributed by atoms with van der Waals surface area (Å²) in [6, 6.07) is 4.35. The van der Waals surface area contributed by atoms with Crippen molar-refractivity contribution in [2.75, 3.05) is 0 Å². The van der Waals surface area contributed by atoms with E-state index in [4.69, 9.17) is 11.6 Å². The molecule has 0 aliphatic carbocycles. The van der Waals surface area contributed by atoms with Crippen LogP contribution in [0, 0.1) is 5.82 Å². The van der Waals surface area contributed by atoms with Gasteiger partial charge in [-0.05, 0) is 26.0 Å². The summed E-state index contributed by atoms with van der Waals surface area (Å²) in [6.45, 7) is 3.66. The van der Waals surface area contributed by atoms with E-state index in [-0.39, 0.29) is 10.6 Å². The first-order valence-electron chi connectivity index (χ1n) is 4.29. The second-order valence-electron chi connectivity index (χ2n) is 3.32. The third-order valence-electron chi connectivity index (χ3n) is 1.79. The highest BCUT2D eigenvalue weighted by molar-refractivity contribution is 6.31. The van der Waals surface area contributed by atoms with E-state index in [1.807, 2.05) is 13.8 Å².